The maximum atomic E-state index is 5.43. The van der Waals surface area contributed by atoms with Crippen molar-refractivity contribution in [3.8, 4) is 0 Å². The van der Waals surface area contributed by atoms with E-state index in [4.69, 9.17) is 11.5 Å². The molecule has 2 aromatic carbocycles. The predicted molar refractivity (Wildman–Crippen MR) is 89.5 cm³/mol. The van der Waals surface area contributed by atoms with E-state index in [2.05, 4.69) is 46.3 Å². The molecule has 0 unspecified atom stereocenters. The molecule has 2 aromatic rings. The summed E-state index contributed by atoms with van der Waals surface area (Å²) in [7, 11) is 0. The Hall–Kier alpha value is -2.75. The fraction of sp³-hybridized carbons (Fsp3) is 0.118. The number of guanidine groups is 1. The first kappa shape index (κ1) is 13.2. The van der Waals surface area contributed by atoms with Gasteiger partial charge in [-0.15, -0.1) is 0 Å². The molecular formula is C17H18N4. The minimum atomic E-state index is 0.129. The summed E-state index contributed by atoms with van der Waals surface area (Å²) in [4.78, 5) is 6.37. The van der Waals surface area contributed by atoms with Crippen LogP contribution in [-0.2, 0) is 0 Å². The number of hydrogen-bond donors (Lipinski definition) is 2. The van der Waals surface area contributed by atoms with Crippen molar-refractivity contribution in [2.75, 3.05) is 18.0 Å². The Labute approximate surface area is 124 Å². The van der Waals surface area contributed by atoms with Gasteiger partial charge >= 0.3 is 0 Å². The number of nitrogens with zero attached hydrogens (tertiary/aromatic N) is 2. The predicted octanol–water partition coefficient (Wildman–Crippen LogP) is 2.58. The van der Waals surface area contributed by atoms with Gasteiger partial charge in [0.15, 0.2) is 5.96 Å². The van der Waals surface area contributed by atoms with Crippen LogP contribution in [0.5, 0.6) is 0 Å². The molecule has 0 bridgehead atoms. The fourth-order valence-corrected chi connectivity index (χ4v) is 2.58. The maximum Gasteiger partial charge on any atom is 0.185 e. The Kier molecular flexibility index (Phi) is 3.60. The molecule has 0 aliphatic carbocycles. The summed E-state index contributed by atoms with van der Waals surface area (Å²) < 4.78 is 0. The normalized spacial score (nSPS) is 12.3. The molecule has 0 saturated heterocycles. The summed E-state index contributed by atoms with van der Waals surface area (Å²) in [6.07, 6.45) is 4.30. The Morgan fingerprint density at radius 3 is 1.90 bits per heavy atom. The van der Waals surface area contributed by atoms with E-state index in [0.717, 1.165) is 6.54 Å². The largest absolute Gasteiger partial charge is 0.370 e. The molecule has 1 heterocycles. The number of hydrogen-bond acceptors (Lipinski definition) is 2. The van der Waals surface area contributed by atoms with E-state index in [1.54, 1.807) is 0 Å². The molecule has 0 amide bonds. The molecule has 0 saturated carbocycles. The van der Waals surface area contributed by atoms with E-state index < -0.39 is 0 Å². The highest BCUT2D eigenvalue weighted by atomic mass is 15.2. The number of para-hydroxylation sites is 2. The third-order valence-electron chi connectivity index (χ3n) is 3.52. The van der Waals surface area contributed by atoms with Crippen LogP contribution < -0.4 is 16.4 Å². The van der Waals surface area contributed by atoms with Crippen molar-refractivity contribution >= 4 is 29.5 Å². The van der Waals surface area contributed by atoms with Crippen LogP contribution in [0.1, 0.15) is 11.1 Å². The maximum absolute atomic E-state index is 5.43. The molecule has 0 fully saturated rings. The first-order chi connectivity index (χ1) is 10.3. The van der Waals surface area contributed by atoms with Crippen LogP contribution in [0.25, 0.3) is 12.2 Å². The third-order valence-corrected chi connectivity index (χ3v) is 3.52. The van der Waals surface area contributed by atoms with Crippen LogP contribution >= 0.6 is 0 Å². The van der Waals surface area contributed by atoms with Crippen molar-refractivity contribution in [1.82, 2.24) is 0 Å². The quantitative estimate of drug-likeness (QED) is 0.670. The van der Waals surface area contributed by atoms with Crippen molar-refractivity contribution in [3.63, 3.8) is 0 Å². The van der Waals surface area contributed by atoms with E-state index in [9.17, 15) is 0 Å². The van der Waals surface area contributed by atoms with Crippen molar-refractivity contribution in [3.05, 3.63) is 59.7 Å². The van der Waals surface area contributed by atoms with Crippen molar-refractivity contribution < 1.29 is 0 Å². The highest BCUT2D eigenvalue weighted by Crippen LogP contribution is 2.35. The minimum absolute atomic E-state index is 0.129. The number of aliphatic imine (C=N–C) groups is 1. The van der Waals surface area contributed by atoms with Gasteiger partial charge in [0.25, 0.3) is 0 Å². The lowest BCUT2D eigenvalue weighted by atomic mass is 10.1. The second-order valence-electron chi connectivity index (χ2n) is 4.91. The lowest BCUT2D eigenvalue weighted by Crippen LogP contribution is -2.26. The van der Waals surface area contributed by atoms with Gasteiger partial charge in [0.2, 0.25) is 0 Å². The summed E-state index contributed by atoms with van der Waals surface area (Å²) >= 11 is 0. The van der Waals surface area contributed by atoms with E-state index in [0.29, 0.717) is 6.54 Å². The summed E-state index contributed by atoms with van der Waals surface area (Å²) in [6.45, 7) is 1.29. The van der Waals surface area contributed by atoms with Crippen molar-refractivity contribution in [2.24, 2.45) is 16.5 Å². The van der Waals surface area contributed by atoms with Gasteiger partial charge in [0.05, 0.1) is 6.54 Å². The molecule has 1 aliphatic heterocycles. The number of anilines is 2. The molecule has 0 spiro atoms. The Bertz CT molecular complexity index is 650. The highest BCUT2D eigenvalue weighted by molar-refractivity contribution is 5.88. The van der Waals surface area contributed by atoms with Gasteiger partial charge in [-0.1, -0.05) is 48.6 Å². The first-order valence-corrected chi connectivity index (χ1v) is 6.95. The zero-order valence-electron chi connectivity index (χ0n) is 11.7. The summed E-state index contributed by atoms with van der Waals surface area (Å²) in [5.74, 6) is 0.129. The standard InChI is InChI=1S/C17H18N4/c18-17(19)20-11-12-21-15-7-3-1-5-13(15)9-10-14-6-2-4-8-16(14)21/h1-10H,11-12H2,(H4,18,19,20). The van der Waals surface area contributed by atoms with E-state index in [1.165, 1.54) is 22.5 Å². The average molecular weight is 278 g/mol. The molecule has 0 aromatic heterocycles. The second-order valence-corrected chi connectivity index (χ2v) is 4.91. The summed E-state index contributed by atoms with van der Waals surface area (Å²) in [5, 5.41) is 0. The molecule has 0 atom stereocenters. The first-order valence-electron chi connectivity index (χ1n) is 6.95. The third kappa shape index (κ3) is 2.74. The number of benzene rings is 2. The molecular weight excluding hydrogens is 260 g/mol. The van der Waals surface area contributed by atoms with Crippen LogP contribution in [0.15, 0.2) is 53.5 Å². The zero-order valence-corrected chi connectivity index (χ0v) is 11.7. The van der Waals surface area contributed by atoms with Crippen LogP contribution in [0.3, 0.4) is 0 Å². The van der Waals surface area contributed by atoms with Gasteiger partial charge in [-0.05, 0) is 23.3 Å². The molecule has 4 N–H and O–H groups in total. The number of fused-ring (bicyclic) bond motifs is 2. The summed E-state index contributed by atoms with van der Waals surface area (Å²) in [6, 6.07) is 16.7. The Morgan fingerprint density at radius 1 is 0.857 bits per heavy atom. The molecule has 0 radical (unpaired) electrons. The molecule has 106 valence electrons. The van der Waals surface area contributed by atoms with E-state index in [-0.39, 0.29) is 5.96 Å². The Morgan fingerprint density at radius 2 is 1.38 bits per heavy atom. The smallest absolute Gasteiger partial charge is 0.185 e. The van der Waals surface area contributed by atoms with E-state index in [1.807, 2.05) is 24.3 Å². The van der Waals surface area contributed by atoms with Gasteiger partial charge in [-0.2, -0.15) is 0 Å². The van der Waals surface area contributed by atoms with Crippen molar-refractivity contribution in [2.45, 2.75) is 0 Å². The van der Waals surface area contributed by atoms with Gasteiger partial charge in [-0.25, -0.2) is 0 Å². The fourth-order valence-electron chi connectivity index (χ4n) is 2.58. The molecule has 4 nitrogen and oxygen atoms in total. The molecule has 21 heavy (non-hydrogen) atoms. The molecule has 4 heteroatoms. The highest BCUT2D eigenvalue weighted by Gasteiger charge is 2.16. The van der Waals surface area contributed by atoms with Crippen molar-refractivity contribution in [1.29, 1.82) is 0 Å². The lowest BCUT2D eigenvalue weighted by Gasteiger charge is -2.26. The monoisotopic (exact) mass is 278 g/mol. The van der Waals surface area contributed by atoms with Gasteiger partial charge in [0, 0.05) is 17.9 Å². The van der Waals surface area contributed by atoms with Crippen LogP contribution in [0.4, 0.5) is 11.4 Å². The second kappa shape index (κ2) is 5.71. The van der Waals surface area contributed by atoms with Crippen LogP contribution in [0.2, 0.25) is 0 Å². The van der Waals surface area contributed by atoms with Gasteiger partial charge in [-0.3, -0.25) is 4.99 Å². The lowest BCUT2D eigenvalue weighted by molar-refractivity contribution is 0.918. The zero-order chi connectivity index (χ0) is 14.7. The average Bonchev–Trinajstić information content (AvgIpc) is 2.65. The van der Waals surface area contributed by atoms with Gasteiger partial charge < -0.3 is 16.4 Å². The van der Waals surface area contributed by atoms with E-state index >= 15 is 0 Å². The van der Waals surface area contributed by atoms with Crippen LogP contribution in [-0.4, -0.2) is 19.0 Å². The SMILES string of the molecule is NC(N)=NCCN1c2ccccc2C=Cc2ccccc21. The minimum Gasteiger partial charge on any atom is -0.370 e. The molecule has 3 rings (SSSR count). The topological polar surface area (TPSA) is 67.6 Å². The summed E-state index contributed by atoms with van der Waals surface area (Å²) in [5.41, 5.74) is 15.6. The van der Waals surface area contributed by atoms with Crippen LogP contribution in [0, 0.1) is 0 Å². The Balaban J connectivity index is 2.04. The van der Waals surface area contributed by atoms with Gasteiger partial charge in [0.1, 0.15) is 0 Å². The molecule has 1 aliphatic rings. The number of nitrogens with two attached hydrogens (primary N) is 2. The number of rotatable bonds is 3.